The molecule has 0 bridgehead atoms. The lowest BCUT2D eigenvalue weighted by Gasteiger charge is -2.04. The zero-order chi connectivity index (χ0) is 13.9. The number of nitrogens with zero attached hydrogens (tertiary/aromatic N) is 3. The average Bonchev–Trinajstić information content (AvgIpc) is 2.84. The number of aromatic amines is 1. The second kappa shape index (κ2) is 5.26. The van der Waals surface area contributed by atoms with Crippen LogP contribution in [0.4, 0.5) is 0 Å². The van der Waals surface area contributed by atoms with Crippen LogP contribution in [0.25, 0.3) is 11.2 Å². The van der Waals surface area contributed by atoms with E-state index >= 15 is 0 Å². The number of benzene rings is 1. The van der Waals surface area contributed by atoms with E-state index in [9.17, 15) is 4.79 Å². The second-order valence-electron chi connectivity index (χ2n) is 4.48. The third-order valence-corrected chi connectivity index (χ3v) is 3.01. The molecule has 3 aromatic rings. The van der Waals surface area contributed by atoms with Gasteiger partial charge >= 0.3 is 0 Å². The number of fused-ring (bicyclic) bond motifs is 1. The zero-order valence-electron chi connectivity index (χ0n) is 11.0. The second-order valence-corrected chi connectivity index (χ2v) is 4.48. The van der Waals surface area contributed by atoms with Gasteiger partial charge in [0.25, 0.3) is 5.56 Å². The highest BCUT2D eigenvalue weighted by Gasteiger charge is 2.10. The summed E-state index contributed by atoms with van der Waals surface area (Å²) in [6, 6.07) is 9.90. The fraction of sp³-hybridized carbons (Fsp3) is 0.214. The minimum atomic E-state index is -0.199. The summed E-state index contributed by atoms with van der Waals surface area (Å²) in [6.07, 6.45) is 1.64. The first-order valence-corrected chi connectivity index (χ1v) is 6.25. The first-order chi connectivity index (χ1) is 9.78. The quantitative estimate of drug-likeness (QED) is 0.776. The zero-order valence-corrected chi connectivity index (χ0v) is 11.0. The average molecular weight is 270 g/mol. The van der Waals surface area contributed by atoms with Gasteiger partial charge in [-0.2, -0.15) is 0 Å². The Morgan fingerprint density at radius 3 is 2.85 bits per heavy atom. The summed E-state index contributed by atoms with van der Waals surface area (Å²) in [4.78, 5) is 23.3. The number of imidazole rings is 1. The molecule has 20 heavy (non-hydrogen) atoms. The highest BCUT2D eigenvalue weighted by atomic mass is 16.5. The Labute approximate surface area is 115 Å². The number of aromatic nitrogens is 4. The van der Waals surface area contributed by atoms with Gasteiger partial charge in [-0.3, -0.25) is 4.79 Å². The van der Waals surface area contributed by atoms with Crippen LogP contribution >= 0.6 is 0 Å². The summed E-state index contributed by atoms with van der Waals surface area (Å²) in [7, 11) is 1.55. The molecule has 1 N–H and O–H groups in total. The van der Waals surface area contributed by atoms with Gasteiger partial charge in [-0.25, -0.2) is 9.97 Å². The van der Waals surface area contributed by atoms with E-state index in [0.717, 1.165) is 5.56 Å². The SMILES string of the molecule is COCc1nc2ncn(Cc3ccccc3)c2c(=O)[nH]1. The van der Waals surface area contributed by atoms with Gasteiger partial charge in [-0.15, -0.1) is 0 Å². The predicted molar refractivity (Wildman–Crippen MR) is 74.4 cm³/mol. The van der Waals surface area contributed by atoms with Crippen LogP contribution in [0.1, 0.15) is 11.4 Å². The van der Waals surface area contributed by atoms with Crippen LogP contribution in [0.5, 0.6) is 0 Å². The summed E-state index contributed by atoms with van der Waals surface area (Å²) >= 11 is 0. The molecular formula is C14H14N4O2. The maximum absolute atomic E-state index is 12.1. The van der Waals surface area contributed by atoms with E-state index in [-0.39, 0.29) is 12.2 Å². The lowest BCUT2D eigenvalue weighted by atomic mass is 10.2. The molecule has 0 amide bonds. The molecule has 0 saturated heterocycles. The van der Waals surface area contributed by atoms with Gasteiger partial charge in [0.05, 0.1) is 6.33 Å². The fourth-order valence-corrected chi connectivity index (χ4v) is 2.14. The Balaban J connectivity index is 2.03. The topological polar surface area (TPSA) is 72.8 Å². The third-order valence-electron chi connectivity index (χ3n) is 3.01. The number of methoxy groups -OCH3 is 1. The van der Waals surface area contributed by atoms with Gasteiger partial charge in [0, 0.05) is 13.7 Å². The van der Waals surface area contributed by atoms with Gasteiger partial charge in [0.15, 0.2) is 11.2 Å². The van der Waals surface area contributed by atoms with Gasteiger partial charge < -0.3 is 14.3 Å². The molecule has 6 heteroatoms. The molecule has 0 atom stereocenters. The summed E-state index contributed by atoms with van der Waals surface area (Å²) in [6.45, 7) is 0.850. The van der Waals surface area contributed by atoms with Crippen molar-refractivity contribution < 1.29 is 4.74 Å². The maximum atomic E-state index is 12.1. The lowest BCUT2D eigenvalue weighted by molar-refractivity contribution is 0.178. The largest absolute Gasteiger partial charge is 0.377 e. The van der Waals surface area contributed by atoms with Crippen molar-refractivity contribution in [3.63, 3.8) is 0 Å². The molecule has 0 unspecified atom stereocenters. The van der Waals surface area contributed by atoms with Crippen LogP contribution in [-0.4, -0.2) is 26.6 Å². The third kappa shape index (κ3) is 2.33. The number of nitrogens with one attached hydrogen (secondary N) is 1. The molecule has 2 aromatic heterocycles. The van der Waals surface area contributed by atoms with Crippen molar-refractivity contribution in [2.75, 3.05) is 7.11 Å². The molecule has 6 nitrogen and oxygen atoms in total. The van der Waals surface area contributed by atoms with Crippen molar-refractivity contribution in [3.8, 4) is 0 Å². The molecule has 0 spiro atoms. The van der Waals surface area contributed by atoms with Crippen molar-refractivity contribution in [2.24, 2.45) is 0 Å². The van der Waals surface area contributed by atoms with Crippen LogP contribution in [0.3, 0.4) is 0 Å². The van der Waals surface area contributed by atoms with Crippen LogP contribution in [0.2, 0.25) is 0 Å². The number of hydrogen-bond donors (Lipinski definition) is 1. The highest BCUT2D eigenvalue weighted by molar-refractivity contribution is 5.69. The Morgan fingerprint density at radius 1 is 1.30 bits per heavy atom. The standard InChI is InChI=1S/C14H14N4O2/c1-20-8-11-16-13-12(14(19)17-11)18(9-15-13)7-10-5-3-2-4-6-10/h2-6,9H,7-8H2,1H3,(H,16,17,19). The number of H-pyrrole nitrogens is 1. The Morgan fingerprint density at radius 2 is 2.10 bits per heavy atom. The summed E-state index contributed by atoms with van der Waals surface area (Å²) in [5.41, 5.74) is 1.83. The molecule has 0 aliphatic heterocycles. The summed E-state index contributed by atoms with van der Waals surface area (Å²) in [5, 5.41) is 0. The van der Waals surface area contributed by atoms with Crippen molar-refractivity contribution in [1.29, 1.82) is 0 Å². The van der Waals surface area contributed by atoms with Gasteiger partial charge in [0.2, 0.25) is 0 Å². The van der Waals surface area contributed by atoms with Crippen LogP contribution in [-0.2, 0) is 17.9 Å². The fourth-order valence-electron chi connectivity index (χ4n) is 2.14. The molecule has 0 saturated carbocycles. The smallest absolute Gasteiger partial charge is 0.277 e. The first-order valence-electron chi connectivity index (χ1n) is 6.25. The van der Waals surface area contributed by atoms with E-state index in [2.05, 4.69) is 15.0 Å². The van der Waals surface area contributed by atoms with Gasteiger partial charge in [-0.05, 0) is 5.56 Å². The Bertz CT molecular complexity index is 777. The molecule has 0 aliphatic carbocycles. The van der Waals surface area contributed by atoms with Crippen LogP contribution < -0.4 is 5.56 Å². The first kappa shape index (κ1) is 12.6. The maximum Gasteiger partial charge on any atom is 0.277 e. The summed E-state index contributed by atoms with van der Waals surface area (Å²) in [5.74, 6) is 0.481. The van der Waals surface area contributed by atoms with Crippen LogP contribution in [0.15, 0.2) is 41.5 Å². The molecule has 2 heterocycles. The van der Waals surface area contributed by atoms with E-state index in [4.69, 9.17) is 4.74 Å². The normalized spacial score (nSPS) is 11.1. The van der Waals surface area contributed by atoms with Crippen molar-refractivity contribution in [1.82, 2.24) is 19.5 Å². The van der Waals surface area contributed by atoms with Crippen molar-refractivity contribution >= 4 is 11.2 Å². The van der Waals surface area contributed by atoms with E-state index < -0.39 is 0 Å². The molecule has 102 valence electrons. The number of hydrogen-bond acceptors (Lipinski definition) is 4. The van der Waals surface area contributed by atoms with E-state index in [0.29, 0.717) is 23.5 Å². The number of ether oxygens (including phenoxy) is 1. The minimum absolute atomic E-state index is 0.199. The van der Waals surface area contributed by atoms with E-state index in [1.165, 1.54) is 0 Å². The molecule has 0 radical (unpaired) electrons. The highest BCUT2D eigenvalue weighted by Crippen LogP contribution is 2.09. The Hall–Kier alpha value is -2.47. The monoisotopic (exact) mass is 270 g/mol. The van der Waals surface area contributed by atoms with Gasteiger partial charge in [-0.1, -0.05) is 30.3 Å². The summed E-state index contributed by atoms with van der Waals surface area (Å²) < 4.78 is 6.77. The Kier molecular flexibility index (Phi) is 3.30. The molecular weight excluding hydrogens is 256 g/mol. The van der Waals surface area contributed by atoms with Crippen LogP contribution in [0, 0.1) is 0 Å². The van der Waals surface area contributed by atoms with E-state index in [1.807, 2.05) is 30.3 Å². The minimum Gasteiger partial charge on any atom is -0.377 e. The molecule has 1 aromatic carbocycles. The van der Waals surface area contributed by atoms with Gasteiger partial charge in [0.1, 0.15) is 12.4 Å². The molecule has 3 rings (SSSR count). The molecule has 0 aliphatic rings. The lowest BCUT2D eigenvalue weighted by Crippen LogP contribution is -2.15. The van der Waals surface area contributed by atoms with Crippen molar-refractivity contribution in [2.45, 2.75) is 13.2 Å². The van der Waals surface area contributed by atoms with E-state index in [1.54, 1.807) is 18.0 Å². The number of rotatable bonds is 4. The molecule has 0 fully saturated rings. The van der Waals surface area contributed by atoms with Crippen molar-refractivity contribution in [3.05, 3.63) is 58.4 Å². The predicted octanol–water partition coefficient (Wildman–Crippen LogP) is 1.31.